The highest BCUT2D eigenvalue weighted by molar-refractivity contribution is 5.81. The molecule has 1 aromatic carbocycles. The van der Waals surface area contributed by atoms with Gasteiger partial charge >= 0.3 is 0 Å². The fraction of sp³-hybridized carbons (Fsp3) is 0.261. The summed E-state index contributed by atoms with van der Waals surface area (Å²) in [6.45, 7) is 6.78. The van der Waals surface area contributed by atoms with Gasteiger partial charge in [0.2, 0.25) is 0 Å². The molecule has 3 aromatic heterocycles. The molecule has 2 N–H and O–H groups in total. The van der Waals surface area contributed by atoms with Crippen LogP contribution in [-0.4, -0.2) is 36.6 Å². The minimum Gasteiger partial charge on any atom is -0.503 e. The Morgan fingerprint density at radius 2 is 1.68 bits per heavy atom. The number of ether oxygens (including phenoxy) is 1. The van der Waals surface area contributed by atoms with Crippen molar-refractivity contribution in [1.29, 1.82) is 0 Å². The van der Waals surface area contributed by atoms with Crippen LogP contribution in [0.3, 0.4) is 0 Å². The van der Waals surface area contributed by atoms with E-state index in [1.807, 2.05) is 51.1 Å². The normalized spacial score (nSPS) is 11.5. The summed E-state index contributed by atoms with van der Waals surface area (Å²) in [4.78, 5) is 21.0. The molecule has 8 nitrogen and oxygen atoms in total. The van der Waals surface area contributed by atoms with Crippen molar-refractivity contribution in [3.05, 3.63) is 66.4 Å². The number of hydrogen-bond acceptors (Lipinski definition) is 8. The summed E-state index contributed by atoms with van der Waals surface area (Å²) in [7, 11) is 0. The molecule has 0 saturated heterocycles. The highest BCUT2D eigenvalue weighted by Gasteiger charge is 2.21. The lowest BCUT2D eigenvalue weighted by molar-refractivity contribution is 0.383. The first-order valence-electron chi connectivity index (χ1n) is 10.0. The molecule has 0 aliphatic heterocycles. The second kappa shape index (κ2) is 8.51. The number of aromatic hydroxyl groups is 1. The van der Waals surface area contributed by atoms with Gasteiger partial charge in [0.05, 0.1) is 0 Å². The van der Waals surface area contributed by atoms with Crippen molar-refractivity contribution in [2.45, 2.75) is 32.6 Å². The lowest BCUT2D eigenvalue weighted by Gasteiger charge is -2.21. The van der Waals surface area contributed by atoms with Gasteiger partial charge in [-0.05, 0) is 35.6 Å². The zero-order chi connectivity index (χ0) is 21.8. The van der Waals surface area contributed by atoms with Crippen LogP contribution in [0.2, 0.25) is 0 Å². The maximum atomic E-state index is 10.5. The highest BCUT2D eigenvalue weighted by atomic mass is 16.5. The number of pyridine rings is 1. The number of nitrogens with zero attached hydrogens (tertiary/aromatic N) is 5. The number of hydrogen-bond donors (Lipinski definition) is 2. The Kier molecular flexibility index (Phi) is 5.62. The van der Waals surface area contributed by atoms with Gasteiger partial charge in [-0.25, -0.2) is 24.9 Å². The van der Waals surface area contributed by atoms with Gasteiger partial charge in [0.25, 0.3) is 5.88 Å². The van der Waals surface area contributed by atoms with Gasteiger partial charge in [0.1, 0.15) is 17.6 Å². The van der Waals surface area contributed by atoms with Crippen LogP contribution in [0.4, 0.5) is 5.82 Å². The Morgan fingerprint density at radius 1 is 0.903 bits per heavy atom. The van der Waals surface area contributed by atoms with Crippen LogP contribution in [0.5, 0.6) is 17.4 Å². The molecule has 0 spiro atoms. The molecule has 0 radical (unpaired) electrons. The number of benzene rings is 1. The zero-order valence-corrected chi connectivity index (χ0v) is 17.7. The van der Waals surface area contributed by atoms with Crippen LogP contribution in [-0.2, 0) is 11.8 Å². The highest BCUT2D eigenvalue weighted by Crippen LogP contribution is 2.37. The van der Waals surface area contributed by atoms with Crippen molar-refractivity contribution in [3.8, 4) is 17.4 Å². The van der Waals surface area contributed by atoms with Gasteiger partial charge < -0.3 is 15.2 Å². The Balaban J connectivity index is 1.39. The van der Waals surface area contributed by atoms with Crippen LogP contribution >= 0.6 is 0 Å². The van der Waals surface area contributed by atoms with E-state index >= 15 is 0 Å². The summed E-state index contributed by atoms with van der Waals surface area (Å²) in [5, 5.41) is 13.8. The van der Waals surface area contributed by atoms with Crippen molar-refractivity contribution >= 4 is 17.0 Å². The third-order valence-electron chi connectivity index (χ3n) is 4.81. The van der Waals surface area contributed by atoms with Crippen molar-refractivity contribution in [2.24, 2.45) is 0 Å². The summed E-state index contributed by atoms with van der Waals surface area (Å²) in [6, 6.07) is 9.52. The summed E-state index contributed by atoms with van der Waals surface area (Å²) in [5.74, 6) is 1.56. The van der Waals surface area contributed by atoms with E-state index in [4.69, 9.17) is 4.74 Å². The first-order valence-corrected chi connectivity index (χ1v) is 10.0. The van der Waals surface area contributed by atoms with E-state index in [1.165, 1.54) is 6.33 Å². The minimum absolute atomic E-state index is 0.0726. The molecular weight excluding hydrogens is 392 g/mol. The van der Waals surface area contributed by atoms with Gasteiger partial charge in [-0.2, -0.15) is 0 Å². The third kappa shape index (κ3) is 4.69. The van der Waals surface area contributed by atoms with E-state index in [2.05, 4.69) is 30.2 Å². The van der Waals surface area contributed by atoms with Crippen molar-refractivity contribution in [1.82, 2.24) is 24.9 Å². The second-order valence-electron chi connectivity index (χ2n) is 8.14. The molecule has 0 unspecified atom stereocenters. The Bertz CT molecular complexity index is 1180. The largest absolute Gasteiger partial charge is 0.503 e. The summed E-state index contributed by atoms with van der Waals surface area (Å²) in [5.41, 5.74) is 2.93. The predicted molar refractivity (Wildman–Crippen MR) is 118 cm³/mol. The fourth-order valence-corrected chi connectivity index (χ4v) is 3.20. The lowest BCUT2D eigenvalue weighted by atomic mass is 9.87. The standard InChI is InChI=1S/C23H24N6O2/c1-23(2,3)17-9-11-27-22(19(17)30)31-16-6-4-15(5-7-16)8-10-25-20-18-21(29-14-28-20)26-13-12-24-18/h4-7,9,11-14,30H,8,10H2,1-3H3,(H,25,26,28,29). The Labute approximate surface area is 180 Å². The number of fused-ring (bicyclic) bond motifs is 1. The molecule has 4 rings (SSSR count). The van der Waals surface area contributed by atoms with Crippen LogP contribution in [0, 0.1) is 0 Å². The first kappa shape index (κ1) is 20.5. The van der Waals surface area contributed by atoms with Gasteiger partial charge in [0.15, 0.2) is 17.2 Å². The second-order valence-corrected chi connectivity index (χ2v) is 8.14. The smallest absolute Gasteiger partial charge is 0.262 e. The van der Waals surface area contributed by atoms with Gasteiger partial charge in [-0.1, -0.05) is 32.9 Å². The van der Waals surface area contributed by atoms with Gasteiger partial charge in [-0.15, -0.1) is 0 Å². The molecule has 0 saturated carbocycles. The van der Waals surface area contributed by atoms with Gasteiger partial charge in [-0.3, -0.25) is 0 Å². The fourth-order valence-electron chi connectivity index (χ4n) is 3.20. The zero-order valence-electron chi connectivity index (χ0n) is 17.7. The molecule has 0 aliphatic carbocycles. The van der Waals surface area contributed by atoms with E-state index < -0.39 is 0 Å². The molecule has 8 heteroatoms. The predicted octanol–water partition coefficient (Wildman–Crippen LogP) is 4.26. The Morgan fingerprint density at radius 3 is 2.45 bits per heavy atom. The first-order chi connectivity index (χ1) is 14.9. The summed E-state index contributed by atoms with van der Waals surface area (Å²) < 4.78 is 5.81. The van der Waals surface area contributed by atoms with E-state index in [-0.39, 0.29) is 17.0 Å². The van der Waals surface area contributed by atoms with Crippen molar-refractivity contribution < 1.29 is 9.84 Å². The topological polar surface area (TPSA) is 106 Å². The molecule has 4 aromatic rings. The van der Waals surface area contributed by atoms with E-state index in [1.54, 1.807) is 18.6 Å². The Hall–Kier alpha value is -3.81. The maximum absolute atomic E-state index is 10.5. The molecule has 0 aliphatic rings. The monoisotopic (exact) mass is 416 g/mol. The molecule has 0 fully saturated rings. The maximum Gasteiger partial charge on any atom is 0.262 e. The van der Waals surface area contributed by atoms with Crippen LogP contribution in [0.15, 0.2) is 55.2 Å². The summed E-state index contributed by atoms with van der Waals surface area (Å²) in [6.07, 6.45) is 7.15. The molecule has 0 bridgehead atoms. The molecule has 0 atom stereocenters. The van der Waals surface area contributed by atoms with Crippen LogP contribution in [0.1, 0.15) is 31.9 Å². The number of rotatable bonds is 6. The van der Waals surface area contributed by atoms with Crippen LogP contribution < -0.4 is 10.1 Å². The third-order valence-corrected chi connectivity index (χ3v) is 4.81. The number of anilines is 1. The van der Waals surface area contributed by atoms with E-state index in [0.717, 1.165) is 17.5 Å². The number of nitrogens with one attached hydrogen (secondary N) is 1. The SMILES string of the molecule is CC(C)(C)c1ccnc(Oc2ccc(CCNc3ncnc4nccnc34)cc2)c1O. The van der Waals surface area contributed by atoms with Gasteiger partial charge in [0, 0.05) is 30.7 Å². The summed E-state index contributed by atoms with van der Waals surface area (Å²) >= 11 is 0. The van der Waals surface area contributed by atoms with Crippen molar-refractivity contribution in [3.63, 3.8) is 0 Å². The van der Waals surface area contributed by atoms with Crippen molar-refractivity contribution in [2.75, 3.05) is 11.9 Å². The molecule has 3 heterocycles. The minimum atomic E-state index is -0.206. The lowest BCUT2D eigenvalue weighted by Crippen LogP contribution is -2.11. The van der Waals surface area contributed by atoms with Crippen LogP contribution in [0.25, 0.3) is 11.2 Å². The average molecular weight is 416 g/mol. The molecule has 31 heavy (non-hydrogen) atoms. The number of aromatic nitrogens is 5. The van der Waals surface area contributed by atoms with E-state index in [0.29, 0.717) is 29.3 Å². The van der Waals surface area contributed by atoms with E-state index in [9.17, 15) is 5.11 Å². The molecule has 0 amide bonds. The average Bonchev–Trinajstić information content (AvgIpc) is 2.76. The molecule has 158 valence electrons. The quantitative estimate of drug-likeness (QED) is 0.480. The molecular formula is C23H24N6O2.